The lowest BCUT2D eigenvalue weighted by atomic mass is 10.0. The number of nitrogens with one attached hydrogen (secondary N) is 1. The maximum Gasteiger partial charge on any atom is 0.410 e. The molecule has 1 saturated heterocycles. The minimum absolute atomic E-state index is 0.110. The first kappa shape index (κ1) is 19.2. The lowest BCUT2D eigenvalue weighted by Crippen LogP contribution is -2.55. The summed E-state index contributed by atoms with van der Waals surface area (Å²) in [5, 5.41) is 13.7. The molecule has 0 spiro atoms. The Kier molecular flexibility index (Phi) is 6.32. The van der Waals surface area contributed by atoms with Gasteiger partial charge in [0, 0.05) is 17.1 Å². The molecule has 1 aliphatic rings. The van der Waals surface area contributed by atoms with Crippen LogP contribution in [0.25, 0.3) is 0 Å². The molecule has 1 heterocycles. The number of carbonyl (C=O) groups is 2. The van der Waals surface area contributed by atoms with Gasteiger partial charge < -0.3 is 20.1 Å². The number of aliphatic hydroxyl groups is 1. The Morgan fingerprint density at radius 3 is 2.52 bits per heavy atom. The van der Waals surface area contributed by atoms with Crippen LogP contribution in [0, 0.1) is 0 Å². The molecule has 0 radical (unpaired) electrons. The first-order chi connectivity index (χ1) is 13.0. The molecule has 1 fully saturated rings. The zero-order chi connectivity index (χ0) is 19.2. The first-order valence-corrected chi connectivity index (χ1v) is 9.11. The lowest BCUT2D eigenvalue weighted by molar-refractivity contribution is 0.0269. The highest BCUT2D eigenvalue weighted by Crippen LogP contribution is 2.15. The molecular formula is C20H21ClN2O4. The van der Waals surface area contributed by atoms with E-state index in [-0.39, 0.29) is 19.1 Å². The zero-order valence-corrected chi connectivity index (χ0v) is 15.4. The van der Waals surface area contributed by atoms with Crippen molar-refractivity contribution in [1.29, 1.82) is 0 Å². The third kappa shape index (κ3) is 5.21. The third-order valence-electron chi connectivity index (χ3n) is 4.47. The number of halogens is 1. The standard InChI is InChI=1S/C20H21ClN2O4/c21-16-8-6-15(7-9-16)19(25)22-17-10-11-23(12-18(17)24)20(26)27-13-14-4-2-1-3-5-14/h1-9,17-18,24H,10-13H2,(H,22,25). The number of β-amino-alcohol motifs (C(OH)–C–C–N with tert-alkyl or cyclic N) is 1. The summed E-state index contributed by atoms with van der Waals surface area (Å²) in [6, 6.07) is 15.5. The SMILES string of the molecule is O=C(NC1CCN(C(=O)OCc2ccccc2)CC1O)c1ccc(Cl)cc1. The normalized spacial score (nSPS) is 19.4. The predicted octanol–water partition coefficient (Wildman–Crippen LogP) is 2.84. The van der Waals surface area contributed by atoms with Gasteiger partial charge in [0.15, 0.2) is 0 Å². The molecule has 7 heteroatoms. The molecule has 2 aromatic rings. The van der Waals surface area contributed by atoms with Crippen molar-refractivity contribution in [2.45, 2.75) is 25.2 Å². The van der Waals surface area contributed by atoms with Gasteiger partial charge in [-0.15, -0.1) is 0 Å². The highest BCUT2D eigenvalue weighted by atomic mass is 35.5. The van der Waals surface area contributed by atoms with Gasteiger partial charge in [-0.1, -0.05) is 41.9 Å². The van der Waals surface area contributed by atoms with Crippen molar-refractivity contribution in [2.24, 2.45) is 0 Å². The molecule has 1 aliphatic heterocycles. The van der Waals surface area contributed by atoms with E-state index in [0.29, 0.717) is 23.6 Å². The predicted molar refractivity (Wildman–Crippen MR) is 102 cm³/mol. The Bertz CT molecular complexity index is 782. The van der Waals surface area contributed by atoms with Crippen molar-refractivity contribution in [1.82, 2.24) is 10.2 Å². The van der Waals surface area contributed by atoms with Gasteiger partial charge in [0.2, 0.25) is 0 Å². The topological polar surface area (TPSA) is 78.9 Å². The fourth-order valence-electron chi connectivity index (χ4n) is 2.93. The Morgan fingerprint density at radius 1 is 1.15 bits per heavy atom. The van der Waals surface area contributed by atoms with Gasteiger partial charge in [-0.25, -0.2) is 4.79 Å². The molecule has 0 aliphatic carbocycles. The maximum absolute atomic E-state index is 12.3. The minimum Gasteiger partial charge on any atom is -0.445 e. The van der Waals surface area contributed by atoms with E-state index in [2.05, 4.69) is 5.32 Å². The molecule has 0 bridgehead atoms. The third-order valence-corrected chi connectivity index (χ3v) is 4.72. The maximum atomic E-state index is 12.3. The molecule has 2 unspecified atom stereocenters. The van der Waals surface area contributed by atoms with Crippen LogP contribution in [0.1, 0.15) is 22.3 Å². The minimum atomic E-state index is -0.862. The van der Waals surface area contributed by atoms with E-state index in [1.165, 1.54) is 4.90 Å². The molecule has 142 valence electrons. The Labute approximate surface area is 162 Å². The van der Waals surface area contributed by atoms with Crippen molar-refractivity contribution < 1.29 is 19.4 Å². The summed E-state index contributed by atoms with van der Waals surface area (Å²) in [7, 11) is 0. The molecule has 6 nitrogen and oxygen atoms in total. The number of piperidine rings is 1. The van der Waals surface area contributed by atoms with Crippen molar-refractivity contribution in [3.05, 3.63) is 70.7 Å². The number of amides is 2. The Balaban J connectivity index is 1.49. The number of nitrogens with zero attached hydrogens (tertiary/aromatic N) is 1. The molecule has 0 saturated carbocycles. The van der Waals surface area contributed by atoms with E-state index in [1.54, 1.807) is 24.3 Å². The molecule has 2 N–H and O–H groups in total. The monoisotopic (exact) mass is 388 g/mol. The highest BCUT2D eigenvalue weighted by molar-refractivity contribution is 6.30. The summed E-state index contributed by atoms with van der Waals surface area (Å²) < 4.78 is 5.29. The molecule has 2 aromatic carbocycles. The largest absolute Gasteiger partial charge is 0.445 e. The van der Waals surface area contributed by atoms with Gasteiger partial charge in [-0.2, -0.15) is 0 Å². The average Bonchev–Trinajstić information content (AvgIpc) is 2.69. The van der Waals surface area contributed by atoms with Gasteiger partial charge >= 0.3 is 6.09 Å². The average molecular weight is 389 g/mol. The number of rotatable bonds is 4. The summed E-state index contributed by atoms with van der Waals surface area (Å²) >= 11 is 5.82. The smallest absolute Gasteiger partial charge is 0.410 e. The Hall–Kier alpha value is -2.57. The summed E-state index contributed by atoms with van der Waals surface area (Å²) in [5.41, 5.74) is 1.37. The van der Waals surface area contributed by atoms with Gasteiger partial charge in [-0.3, -0.25) is 4.79 Å². The number of hydrogen-bond donors (Lipinski definition) is 2. The van der Waals surface area contributed by atoms with E-state index in [0.717, 1.165) is 5.56 Å². The van der Waals surface area contributed by atoms with E-state index >= 15 is 0 Å². The van der Waals surface area contributed by atoms with Crippen LogP contribution in [0.4, 0.5) is 4.79 Å². The zero-order valence-electron chi connectivity index (χ0n) is 14.7. The number of benzene rings is 2. The molecular weight excluding hydrogens is 368 g/mol. The van der Waals surface area contributed by atoms with Gasteiger partial charge in [0.1, 0.15) is 6.61 Å². The second kappa shape index (κ2) is 8.88. The Morgan fingerprint density at radius 2 is 1.85 bits per heavy atom. The van der Waals surface area contributed by atoms with Crippen LogP contribution in [0.3, 0.4) is 0 Å². The van der Waals surface area contributed by atoms with Gasteiger partial charge in [0.05, 0.1) is 18.7 Å². The van der Waals surface area contributed by atoms with Crippen molar-refractivity contribution in [3.8, 4) is 0 Å². The van der Waals surface area contributed by atoms with Crippen molar-refractivity contribution in [2.75, 3.05) is 13.1 Å². The summed E-state index contributed by atoms with van der Waals surface area (Å²) in [5.74, 6) is -0.282. The van der Waals surface area contributed by atoms with Crippen molar-refractivity contribution >= 4 is 23.6 Å². The van der Waals surface area contributed by atoms with Crippen molar-refractivity contribution in [3.63, 3.8) is 0 Å². The van der Waals surface area contributed by atoms with E-state index in [1.807, 2.05) is 30.3 Å². The van der Waals surface area contributed by atoms with E-state index in [4.69, 9.17) is 16.3 Å². The van der Waals surface area contributed by atoms with Crippen LogP contribution < -0.4 is 5.32 Å². The number of likely N-dealkylation sites (tertiary alicyclic amines) is 1. The van der Waals surface area contributed by atoms with Crippen LogP contribution in [0.5, 0.6) is 0 Å². The van der Waals surface area contributed by atoms with Crippen LogP contribution in [-0.2, 0) is 11.3 Å². The highest BCUT2D eigenvalue weighted by Gasteiger charge is 2.32. The fourth-order valence-corrected chi connectivity index (χ4v) is 3.06. The van der Waals surface area contributed by atoms with Crippen LogP contribution in [0.2, 0.25) is 5.02 Å². The molecule has 0 aromatic heterocycles. The quantitative estimate of drug-likeness (QED) is 0.844. The second-order valence-corrected chi connectivity index (χ2v) is 6.87. The summed E-state index contributed by atoms with van der Waals surface area (Å²) in [6.07, 6.45) is -0.888. The summed E-state index contributed by atoms with van der Waals surface area (Å²) in [6.45, 7) is 0.693. The summed E-state index contributed by atoms with van der Waals surface area (Å²) in [4.78, 5) is 25.9. The van der Waals surface area contributed by atoms with Crippen LogP contribution in [-0.4, -0.2) is 47.2 Å². The molecule has 2 atom stereocenters. The molecule has 27 heavy (non-hydrogen) atoms. The first-order valence-electron chi connectivity index (χ1n) is 8.73. The van der Waals surface area contributed by atoms with Gasteiger partial charge in [-0.05, 0) is 36.2 Å². The number of carbonyl (C=O) groups excluding carboxylic acids is 2. The lowest BCUT2D eigenvalue weighted by Gasteiger charge is -2.35. The van der Waals surface area contributed by atoms with E-state index < -0.39 is 18.2 Å². The molecule has 3 rings (SSSR count). The number of ether oxygens (including phenoxy) is 1. The number of aliphatic hydroxyl groups excluding tert-OH is 1. The number of hydrogen-bond acceptors (Lipinski definition) is 4. The second-order valence-electron chi connectivity index (χ2n) is 6.43. The fraction of sp³-hybridized carbons (Fsp3) is 0.300. The van der Waals surface area contributed by atoms with Crippen LogP contribution in [0.15, 0.2) is 54.6 Å². The van der Waals surface area contributed by atoms with Crippen LogP contribution >= 0.6 is 11.6 Å². The van der Waals surface area contributed by atoms with Gasteiger partial charge in [0.25, 0.3) is 5.91 Å². The molecule has 2 amide bonds. The van der Waals surface area contributed by atoms with E-state index in [9.17, 15) is 14.7 Å².